The Bertz CT molecular complexity index is 613. The van der Waals surface area contributed by atoms with E-state index in [-0.39, 0.29) is 10.3 Å². The average Bonchev–Trinajstić information content (AvgIpc) is 2.29. The summed E-state index contributed by atoms with van der Waals surface area (Å²) in [6, 6.07) is 4.01. The molecule has 0 heterocycles. The minimum Gasteiger partial charge on any atom is -0.283 e. The van der Waals surface area contributed by atoms with Gasteiger partial charge in [-0.25, -0.2) is 16.8 Å². The fourth-order valence-electron chi connectivity index (χ4n) is 1.02. The molecule has 5 nitrogen and oxygen atoms in total. The number of anilines is 1. The zero-order valence-corrected chi connectivity index (χ0v) is 11.9. The van der Waals surface area contributed by atoms with Gasteiger partial charge in [-0.3, -0.25) is 4.72 Å². The summed E-state index contributed by atoms with van der Waals surface area (Å²) in [4.78, 5) is -0.570. The maximum absolute atomic E-state index is 12.2. The highest BCUT2D eigenvalue weighted by atomic mass is 79.9. The van der Waals surface area contributed by atoms with E-state index in [1.807, 2.05) is 0 Å². The van der Waals surface area contributed by atoms with E-state index in [0.29, 0.717) is 0 Å². The molecule has 0 amide bonds. The highest BCUT2D eigenvalue weighted by Crippen LogP contribution is 2.20. The molecule has 0 bridgehead atoms. The number of sulfonamides is 1. The number of hydrogen-bond donors (Lipinski definition) is 1. The molecular weight excluding hydrogens is 356 g/mol. The number of sulfone groups is 1. The molecule has 0 saturated carbocycles. The van der Waals surface area contributed by atoms with Crippen LogP contribution in [0.4, 0.5) is 14.5 Å². The molecule has 0 aliphatic carbocycles. The Hall–Kier alpha value is -0.740. The molecule has 10 heteroatoms. The summed E-state index contributed by atoms with van der Waals surface area (Å²) in [5.74, 6) is -3.51. The predicted molar refractivity (Wildman–Crippen MR) is 66.0 cm³/mol. The summed E-state index contributed by atoms with van der Waals surface area (Å²) >= 11 is 2.75. The lowest BCUT2D eigenvalue weighted by Crippen LogP contribution is -2.14. The second kappa shape index (κ2) is 5.49. The Morgan fingerprint density at radius 1 is 1.11 bits per heavy atom. The quantitative estimate of drug-likeness (QED) is 0.808. The summed E-state index contributed by atoms with van der Waals surface area (Å²) in [6.45, 7) is 0. The normalized spacial score (nSPS) is 12.7. The first-order valence-corrected chi connectivity index (χ1v) is 8.69. The Labute approximate surface area is 111 Å². The van der Waals surface area contributed by atoms with Crippen molar-refractivity contribution in [3.63, 3.8) is 0 Å². The zero-order valence-electron chi connectivity index (χ0n) is 8.68. The van der Waals surface area contributed by atoms with Crippen LogP contribution < -0.4 is 4.72 Å². The molecule has 0 aliphatic heterocycles. The van der Waals surface area contributed by atoms with Gasteiger partial charge >= 0.3 is 5.76 Å². The predicted octanol–water partition coefficient (Wildman–Crippen LogP) is 1.78. The van der Waals surface area contributed by atoms with Gasteiger partial charge in [-0.05, 0) is 24.3 Å². The Kier molecular flexibility index (Phi) is 4.67. The molecule has 0 unspecified atom stereocenters. The first-order chi connectivity index (χ1) is 8.19. The van der Waals surface area contributed by atoms with Gasteiger partial charge < -0.3 is 0 Å². The van der Waals surface area contributed by atoms with E-state index < -0.39 is 30.5 Å². The molecule has 1 aromatic rings. The number of rotatable bonds is 5. The van der Waals surface area contributed by atoms with Crippen molar-refractivity contribution in [1.29, 1.82) is 0 Å². The van der Waals surface area contributed by atoms with E-state index >= 15 is 0 Å². The third kappa shape index (κ3) is 3.62. The van der Waals surface area contributed by atoms with Gasteiger partial charge in [-0.1, -0.05) is 15.9 Å². The van der Waals surface area contributed by atoms with Crippen molar-refractivity contribution >= 4 is 41.5 Å². The molecule has 18 heavy (non-hydrogen) atoms. The second-order valence-electron chi connectivity index (χ2n) is 3.16. The molecular formula is C8H8BrF2NO4S2. The van der Waals surface area contributed by atoms with Crippen molar-refractivity contribution in [3.05, 3.63) is 24.3 Å². The largest absolute Gasteiger partial charge is 0.341 e. The molecule has 0 spiro atoms. The first-order valence-electron chi connectivity index (χ1n) is 4.37. The minimum absolute atomic E-state index is 0.0858. The van der Waals surface area contributed by atoms with E-state index in [9.17, 15) is 25.6 Å². The molecule has 0 saturated heterocycles. The summed E-state index contributed by atoms with van der Waals surface area (Å²) in [6.07, 6.45) is 0. The van der Waals surface area contributed by atoms with Crippen LogP contribution in [-0.4, -0.2) is 27.3 Å². The SMILES string of the molecule is O=S(=O)(CBr)Nc1ccc(S(=O)(=O)C(F)F)cc1. The highest BCUT2D eigenvalue weighted by molar-refractivity contribution is 9.10. The van der Waals surface area contributed by atoms with Gasteiger partial charge in [0.15, 0.2) is 0 Å². The van der Waals surface area contributed by atoms with Crippen LogP contribution in [0, 0.1) is 0 Å². The van der Waals surface area contributed by atoms with Gasteiger partial charge in [-0.15, -0.1) is 0 Å². The van der Waals surface area contributed by atoms with Crippen LogP contribution in [0.15, 0.2) is 29.2 Å². The smallest absolute Gasteiger partial charge is 0.283 e. The van der Waals surface area contributed by atoms with Crippen LogP contribution >= 0.6 is 15.9 Å². The van der Waals surface area contributed by atoms with E-state index in [1.54, 1.807) is 0 Å². The summed E-state index contributed by atoms with van der Waals surface area (Å²) < 4.78 is 70.7. The Morgan fingerprint density at radius 2 is 1.61 bits per heavy atom. The summed E-state index contributed by atoms with van der Waals surface area (Å²) in [7, 11) is -8.23. The van der Waals surface area contributed by atoms with Crippen molar-refractivity contribution in [2.24, 2.45) is 0 Å². The van der Waals surface area contributed by atoms with Crippen LogP contribution in [0.25, 0.3) is 0 Å². The molecule has 0 fully saturated rings. The maximum Gasteiger partial charge on any atom is 0.341 e. The number of hydrogen-bond acceptors (Lipinski definition) is 4. The Morgan fingerprint density at radius 3 is 2.00 bits per heavy atom. The molecule has 0 aromatic heterocycles. The molecule has 0 aliphatic rings. The molecule has 102 valence electrons. The van der Waals surface area contributed by atoms with Gasteiger partial charge in [0.25, 0.3) is 0 Å². The van der Waals surface area contributed by atoms with Crippen molar-refractivity contribution in [1.82, 2.24) is 0 Å². The summed E-state index contributed by atoms with van der Waals surface area (Å²) in [5, 5.41) is 0. The van der Waals surface area contributed by atoms with Crippen LogP contribution in [0.1, 0.15) is 0 Å². The molecule has 1 N–H and O–H groups in total. The van der Waals surface area contributed by atoms with Gasteiger partial charge in [0.2, 0.25) is 19.9 Å². The second-order valence-corrected chi connectivity index (χ2v) is 8.10. The summed E-state index contributed by atoms with van der Waals surface area (Å²) in [5.41, 5.74) is 0.0858. The van der Waals surface area contributed by atoms with Crippen molar-refractivity contribution in [3.8, 4) is 0 Å². The maximum atomic E-state index is 12.2. The number of halogens is 3. The van der Waals surface area contributed by atoms with Crippen LogP contribution in [-0.2, 0) is 19.9 Å². The molecule has 1 aromatic carbocycles. The van der Waals surface area contributed by atoms with Crippen molar-refractivity contribution < 1.29 is 25.6 Å². The van der Waals surface area contributed by atoms with Gasteiger partial charge in [-0.2, -0.15) is 8.78 Å². The first kappa shape index (κ1) is 15.3. The van der Waals surface area contributed by atoms with E-state index in [4.69, 9.17) is 0 Å². The molecule has 0 radical (unpaired) electrons. The topological polar surface area (TPSA) is 80.3 Å². The fraction of sp³-hybridized carbons (Fsp3) is 0.250. The van der Waals surface area contributed by atoms with Crippen molar-refractivity contribution in [2.75, 3.05) is 9.38 Å². The van der Waals surface area contributed by atoms with Crippen LogP contribution in [0.5, 0.6) is 0 Å². The van der Waals surface area contributed by atoms with E-state index in [2.05, 4.69) is 20.7 Å². The fourth-order valence-corrected chi connectivity index (χ4v) is 2.64. The van der Waals surface area contributed by atoms with E-state index in [1.165, 1.54) is 0 Å². The number of nitrogens with one attached hydrogen (secondary N) is 1. The average molecular weight is 364 g/mol. The zero-order chi connectivity index (χ0) is 14.0. The standard InChI is InChI=1S/C8H8BrF2NO4S2/c9-5-17(13,14)12-6-1-3-7(4-2-6)18(15,16)8(10)11/h1-4,8,12H,5H2. The van der Waals surface area contributed by atoms with Gasteiger partial charge in [0.05, 0.1) is 4.90 Å². The molecule has 0 atom stereocenters. The lowest BCUT2D eigenvalue weighted by atomic mass is 10.3. The van der Waals surface area contributed by atoms with Crippen LogP contribution in [0.3, 0.4) is 0 Å². The lowest BCUT2D eigenvalue weighted by Gasteiger charge is -2.07. The minimum atomic E-state index is -4.66. The number of benzene rings is 1. The Balaban J connectivity index is 3.02. The third-order valence-corrected chi connectivity index (χ3v) is 5.87. The highest BCUT2D eigenvalue weighted by Gasteiger charge is 2.26. The van der Waals surface area contributed by atoms with Gasteiger partial charge in [0.1, 0.15) is 4.66 Å². The van der Waals surface area contributed by atoms with Crippen molar-refractivity contribution in [2.45, 2.75) is 10.7 Å². The molecule has 1 rings (SSSR count). The lowest BCUT2D eigenvalue weighted by molar-refractivity contribution is 0.234. The van der Waals surface area contributed by atoms with E-state index in [0.717, 1.165) is 24.3 Å². The third-order valence-electron chi connectivity index (χ3n) is 1.83. The van der Waals surface area contributed by atoms with Gasteiger partial charge in [0, 0.05) is 5.69 Å². The van der Waals surface area contributed by atoms with Crippen LogP contribution in [0.2, 0.25) is 0 Å². The number of alkyl halides is 3. The monoisotopic (exact) mass is 363 g/mol.